The van der Waals surface area contributed by atoms with E-state index in [1.54, 1.807) is 6.92 Å². The summed E-state index contributed by atoms with van der Waals surface area (Å²) < 4.78 is 0. The fraction of sp³-hybridized carbons (Fsp3) is 0.800. The Morgan fingerprint density at radius 2 is 2.33 bits per heavy atom. The Morgan fingerprint density at radius 1 is 1.78 bits per heavy atom. The molecule has 0 saturated heterocycles. The van der Waals surface area contributed by atoms with Gasteiger partial charge in [-0.15, -0.1) is 11.6 Å². The van der Waals surface area contributed by atoms with Crippen molar-refractivity contribution in [2.45, 2.75) is 6.92 Å². The minimum absolute atomic E-state index is 0.321. The molecule has 0 radical (unpaired) electrons. The average molecular weight is 151 g/mol. The van der Waals surface area contributed by atoms with Crippen molar-refractivity contribution in [3.63, 3.8) is 0 Å². The standard InChI is InChI=1S/C5H10ClNO2/c1-2-7(4-3-6)5(8)9/h2-4H2,1H3,(H,8,9)/p-1. The van der Waals surface area contributed by atoms with Crippen LogP contribution >= 0.6 is 11.6 Å². The Balaban J connectivity index is 3.54. The maximum absolute atomic E-state index is 10.1. The van der Waals surface area contributed by atoms with Gasteiger partial charge in [0.1, 0.15) is 6.09 Å². The quantitative estimate of drug-likeness (QED) is 0.527. The Kier molecular flexibility index (Phi) is 4.22. The van der Waals surface area contributed by atoms with E-state index in [0.29, 0.717) is 19.0 Å². The van der Waals surface area contributed by atoms with Crippen LogP contribution in [0.1, 0.15) is 6.92 Å². The first-order valence-electron chi connectivity index (χ1n) is 2.74. The number of carbonyl (C=O) groups excluding carboxylic acids is 1. The SMILES string of the molecule is CCN(CCCl)C(=O)[O-]. The van der Waals surface area contributed by atoms with Crippen molar-refractivity contribution in [1.82, 2.24) is 4.90 Å². The van der Waals surface area contributed by atoms with Gasteiger partial charge in [0.15, 0.2) is 0 Å². The molecule has 0 fully saturated rings. The highest BCUT2D eigenvalue weighted by Gasteiger charge is 1.97. The third-order valence-corrected chi connectivity index (χ3v) is 1.16. The zero-order valence-electron chi connectivity index (χ0n) is 5.26. The third-order valence-electron chi connectivity index (χ3n) is 0.994. The third kappa shape index (κ3) is 3.19. The van der Waals surface area contributed by atoms with Gasteiger partial charge in [-0.1, -0.05) is 0 Å². The maximum Gasteiger partial charge on any atom is 0.136 e. The van der Waals surface area contributed by atoms with Gasteiger partial charge in [0.25, 0.3) is 0 Å². The first kappa shape index (κ1) is 8.56. The van der Waals surface area contributed by atoms with Crippen LogP contribution in [0.15, 0.2) is 0 Å². The second kappa shape index (κ2) is 4.44. The van der Waals surface area contributed by atoms with Crippen LogP contribution in [-0.2, 0) is 0 Å². The molecule has 0 aliphatic carbocycles. The monoisotopic (exact) mass is 150 g/mol. The Hall–Kier alpha value is -0.440. The van der Waals surface area contributed by atoms with Gasteiger partial charge in [-0.3, -0.25) is 0 Å². The van der Waals surface area contributed by atoms with Gasteiger partial charge in [-0.2, -0.15) is 0 Å². The molecule has 0 aromatic heterocycles. The van der Waals surface area contributed by atoms with Crippen LogP contribution in [-0.4, -0.2) is 30.0 Å². The molecule has 0 heterocycles. The van der Waals surface area contributed by atoms with Crippen molar-refractivity contribution in [2.75, 3.05) is 19.0 Å². The van der Waals surface area contributed by atoms with E-state index in [-0.39, 0.29) is 0 Å². The van der Waals surface area contributed by atoms with E-state index in [1.165, 1.54) is 0 Å². The van der Waals surface area contributed by atoms with Crippen molar-refractivity contribution in [1.29, 1.82) is 0 Å². The second-order valence-electron chi connectivity index (χ2n) is 1.53. The number of carbonyl (C=O) groups is 1. The summed E-state index contributed by atoms with van der Waals surface area (Å²) in [4.78, 5) is 11.2. The molecule has 0 rings (SSSR count). The molecule has 3 nitrogen and oxygen atoms in total. The summed E-state index contributed by atoms with van der Waals surface area (Å²) in [6, 6.07) is 0. The molecule has 0 atom stereocenters. The molecule has 0 unspecified atom stereocenters. The summed E-state index contributed by atoms with van der Waals surface area (Å²) in [5, 5.41) is 10.1. The molecule has 0 aromatic rings. The summed E-state index contributed by atoms with van der Waals surface area (Å²) in [6.07, 6.45) is -1.15. The van der Waals surface area contributed by atoms with E-state index in [1.807, 2.05) is 0 Å². The van der Waals surface area contributed by atoms with Gasteiger partial charge in [0.2, 0.25) is 0 Å². The van der Waals surface area contributed by atoms with Crippen molar-refractivity contribution in [2.24, 2.45) is 0 Å². The van der Waals surface area contributed by atoms with Crippen LogP contribution in [0, 0.1) is 0 Å². The van der Waals surface area contributed by atoms with Crippen LogP contribution in [0.3, 0.4) is 0 Å². The van der Waals surface area contributed by atoms with Gasteiger partial charge in [-0.25, -0.2) is 0 Å². The highest BCUT2D eigenvalue weighted by Crippen LogP contribution is 1.86. The van der Waals surface area contributed by atoms with Crippen LogP contribution in [0.4, 0.5) is 4.79 Å². The first-order valence-corrected chi connectivity index (χ1v) is 3.27. The molecule has 0 aliphatic rings. The summed E-state index contributed by atoms with van der Waals surface area (Å²) in [6.45, 7) is 2.53. The largest absolute Gasteiger partial charge is 0.530 e. The molecule has 0 aliphatic heterocycles. The second-order valence-corrected chi connectivity index (χ2v) is 1.91. The van der Waals surface area contributed by atoms with Gasteiger partial charge < -0.3 is 14.8 Å². The van der Waals surface area contributed by atoms with Gasteiger partial charge >= 0.3 is 0 Å². The molecule has 0 N–H and O–H groups in total. The Morgan fingerprint density at radius 3 is 2.44 bits per heavy atom. The van der Waals surface area contributed by atoms with Crippen LogP contribution < -0.4 is 5.11 Å². The van der Waals surface area contributed by atoms with Crippen LogP contribution in [0.25, 0.3) is 0 Å². The van der Waals surface area contributed by atoms with Crippen molar-refractivity contribution < 1.29 is 9.90 Å². The van der Waals surface area contributed by atoms with E-state index < -0.39 is 6.09 Å². The predicted octanol–water partition coefficient (Wildman–Crippen LogP) is -0.110. The minimum Gasteiger partial charge on any atom is -0.530 e. The lowest BCUT2D eigenvalue weighted by Gasteiger charge is -2.21. The Bertz CT molecular complexity index is 97.0. The predicted molar refractivity (Wildman–Crippen MR) is 33.4 cm³/mol. The summed E-state index contributed by atoms with van der Waals surface area (Å²) in [5.41, 5.74) is 0. The smallest absolute Gasteiger partial charge is 0.136 e. The van der Waals surface area contributed by atoms with E-state index in [9.17, 15) is 9.90 Å². The maximum atomic E-state index is 10.1. The van der Waals surface area contributed by atoms with Crippen molar-refractivity contribution >= 4 is 17.7 Å². The molecule has 0 aromatic carbocycles. The highest BCUT2D eigenvalue weighted by atomic mass is 35.5. The molecular weight excluding hydrogens is 142 g/mol. The number of halogens is 1. The fourth-order valence-electron chi connectivity index (χ4n) is 0.481. The summed E-state index contributed by atoms with van der Waals surface area (Å²) in [5.74, 6) is 0.321. The van der Waals surface area contributed by atoms with Crippen LogP contribution in [0.5, 0.6) is 0 Å². The normalized spacial score (nSPS) is 9.11. The number of alkyl halides is 1. The molecule has 0 bridgehead atoms. The van der Waals surface area contributed by atoms with Gasteiger partial charge in [0, 0.05) is 19.0 Å². The summed E-state index contributed by atoms with van der Waals surface area (Å²) in [7, 11) is 0. The molecule has 1 amide bonds. The molecule has 4 heteroatoms. The lowest BCUT2D eigenvalue weighted by Crippen LogP contribution is -2.41. The summed E-state index contributed by atoms with van der Waals surface area (Å²) >= 11 is 5.29. The number of amides is 1. The number of hydrogen-bond acceptors (Lipinski definition) is 2. The molecule has 54 valence electrons. The first-order chi connectivity index (χ1) is 4.22. The molecule has 9 heavy (non-hydrogen) atoms. The zero-order chi connectivity index (χ0) is 7.28. The lowest BCUT2D eigenvalue weighted by molar-refractivity contribution is -0.265. The number of rotatable bonds is 3. The van der Waals surface area contributed by atoms with Gasteiger partial charge in [0.05, 0.1) is 0 Å². The number of carboxylic acid groups (broad SMARTS) is 1. The number of nitrogens with zero attached hydrogens (tertiary/aromatic N) is 1. The molecule has 0 spiro atoms. The topological polar surface area (TPSA) is 43.4 Å². The Labute approximate surface area is 59.2 Å². The van der Waals surface area contributed by atoms with E-state index in [4.69, 9.17) is 11.6 Å². The van der Waals surface area contributed by atoms with Gasteiger partial charge in [-0.05, 0) is 6.92 Å². The number of hydrogen-bond donors (Lipinski definition) is 0. The van der Waals surface area contributed by atoms with E-state index in [0.717, 1.165) is 4.90 Å². The minimum atomic E-state index is -1.15. The molecule has 0 saturated carbocycles. The average Bonchev–Trinajstić information content (AvgIpc) is 1.82. The lowest BCUT2D eigenvalue weighted by atomic mass is 10.6. The highest BCUT2D eigenvalue weighted by molar-refractivity contribution is 6.18. The van der Waals surface area contributed by atoms with Crippen molar-refractivity contribution in [3.05, 3.63) is 0 Å². The molecular formula is C5H9ClNO2-. The van der Waals surface area contributed by atoms with Crippen LogP contribution in [0.2, 0.25) is 0 Å². The van der Waals surface area contributed by atoms with Crippen molar-refractivity contribution in [3.8, 4) is 0 Å². The fourth-order valence-corrected chi connectivity index (χ4v) is 0.685. The van der Waals surface area contributed by atoms with E-state index >= 15 is 0 Å². The zero-order valence-corrected chi connectivity index (χ0v) is 6.02. The van der Waals surface area contributed by atoms with E-state index in [2.05, 4.69) is 0 Å².